The fourth-order valence-electron chi connectivity index (χ4n) is 3.83. The van der Waals surface area contributed by atoms with Gasteiger partial charge < -0.3 is 20.1 Å². The molecule has 0 bridgehead atoms. The second-order valence-corrected chi connectivity index (χ2v) is 7.63. The Bertz CT molecular complexity index is 870. The lowest BCUT2D eigenvalue weighted by Crippen LogP contribution is -2.44. The molecule has 2 atom stereocenters. The first-order chi connectivity index (χ1) is 15.0. The number of hydrogen-bond donors (Lipinski definition) is 2. The zero-order valence-corrected chi connectivity index (χ0v) is 20.9. The van der Waals surface area contributed by atoms with Gasteiger partial charge in [-0.15, -0.1) is 24.0 Å². The molecule has 176 valence electrons. The van der Waals surface area contributed by atoms with Crippen LogP contribution in [0.3, 0.4) is 0 Å². The smallest absolute Gasteiger partial charge is 0.387 e. The van der Waals surface area contributed by atoms with Crippen molar-refractivity contribution < 1.29 is 18.3 Å². The van der Waals surface area contributed by atoms with Gasteiger partial charge in [0.25, 0.3) is 0 Å². The maximum Gasteiger partial charge on any atom is 0.387 e. The number of nitrogens with zero attached hydrogens (tertiary/aromatic N) is 2. The summed E-state index contributed by atoms with van der Waals surface area (Å²) in [5, 5.41) is 6.72. The van der Waals surface area contributed by atoms with Gasteiger partial charge in [-0.2, -0.15) is 8.78 Å². The lowest BCUT2D eigenvalue weighted by atomic mass is 10.2. The highest BCUT2D eigenvalue weighted by Gasteiger charge is 2.29. The molecular formula is C23H31F2IN4O2. The minimum atomic E-state index is -2.91. The van der Waals surface area contributed by atoms with Crippen LogP contribution in [0.1, 0.15) is 24.5 Å². The third-order valence-corrected chi connectivity index (χ3v) is 5.40. The van der Waals surface area contributed by atoms with Crippen LogP contribution in [-0.4, -0.2) is 50.3 Å². The van der Waals surface area contributed by atoms with Gasteiger partial charge in [-0.05, 0) is 36.6 Å². The number of rotatable bonds is 8. The van der Waals surface area contributed by atoms with E-state index in [0.717, 1.165) is 25.1 Å². The van der Waals surface area contributed by atoms with Crippen molar-refractivity contribution in [3.63, 3.8) is 0 Å². The summed E-state index contributed by atoms with van der Waals surface area (Å²) in [6.07, 6.45) is 1.02. The SMILES string of the molecule is CN=C(NCc1ccc(OC)c(OC(F)F)c1)NC1CC(C)N(Cc2ccccc2)C1.I. The molecule has 1 aliphatic heterocycles. The Hall–Kier alpha value is -2.14. The van der Waals surface area contributed by atoms with Crippen LogP contribution in [0.25, 0.3) is 0 Å². The van der Waals surface area contributed by atoms with Gasteiger partial charge in [-0.1, -0.05) is 36.4 Å². The Morgan fingerprint density at radius 1 is 1.16 bits per heavy atom. The van der Waals surface area contributed by atoms with E-state index >= 15 is 0 Å². The minimum absolute atomic E-state index is 0. The molecule has 0 aliphatic carbocycles. The number of methoxy groups -OCH3 is 1. The largest absolute Gasteiger partial charge is 0.493 e. The summed E-state index contributed by atoms with van der Waals surface area (Å²) < 4.78 is 34.9. The average Bonchev–Trinajstić information content (AvgIpc) is 3.10. The molecule has 1 aliphatic rings. The van der Waals surface area contributed by atoms with Gasteiger partial charge in [-0.25, -0.2) is 0 Å². The molecule has 2 unspecified atom stereocenters. The predicted molar refractivity (Wildman–Crippen MR) is 133 cm³/mol. The van der Waals surface area contributed by atoms with Gasteiger partial charge in [0.05, 0.1) is 7.11 Å². The molecule has 6 nitrogen and oxygen atoms in total. The van der Waals surface area contributed by atoms with Gasteiger partial charge in [0.1, 0.15) is 0 Å². The number of benzene rings is 2. The van der Waals surface area contributed by atoms with Gasteiger partial charge in [-0.3, -0.25) is 9.89 Å². The van der Waals surface area contributed by atoms with Crippen molar-refractivity contribution >= 4 is 29.9 Å². The molecule has 1 saturated heterocycles. The van der Waals surface area contributed by atoms with E-state index in [1.54, 1.807) is 25.2 Å². The summed E-state index contributed by atoms with van der Waals surface area (Å²) in [4.78, 5) is 6.76. The quantitative estimate of drug-likeness (QED) is 0.288. The highest BCUT2D eigenvalue weighted by molar-refractivity contribution is 14.0. The van der Waals surface area contributed by atoms with E-state index in [2.05, 4.69) is 56.5 Å². The third kappa shape index (κ3) is 7.47. The standard InChI is InChI=1S/C23H30F2N4O2.HI/c1-16-11-19(15-29(16)14-17-7-5-4-6-8-17)28-23(26-2)27-13-18-9-10-20(30-3)21(12-18)31-22(24)25;/h4-10,12,16,19,22H,11,13-15H2,1-3H3,(H2,26,27,28);1H. The Morgan fingerprint density at radius 3 is 2.56 bits per heavy atom. The molecule has 2 N–H and O–H groups in total. The van der Waals surface area contributed by atoms with Crippen molar-refractivity contribution in [1.29, 1.82) is 0 Å². The molecule has 9 heteroatoms. The average molecular weight is 560 g/mol. The lowest BCUT2D eigenvalue weighted by molar-refractivity contribution is -0.0512. The van der Waals surface area contributed by atoms with Crippen molar-refractivity contribution in [3.8, 4) is 11.5 Å². The van der Waals surface area contributed by atoms with Gasteiger partial charge in [0.2, 0.25) is 0 Å². The Balaban J connectivity index is 0.00000363. The zero-order chi connectivity index (χ0) is 22.2. The van der Waals surface area contributed by atoms with Crippen LogP contribution >= 0.6 is 24.0 Å². The molecule has 0 aromatic heterocycles. The van der Waals surface area contributed by atoms with Crippen LogP contribution in [-0.2, 0) is 13.1 Å². The van der Waals surface area contributed by atoms with Crippen LogP contribution in [0.15, 0.2) is 53.5 Å². The number of aliphatic imine (C=N–C) groups is 1. The van der Waals surface area contributed by atoms with E-state index in [0.29, 0.717) is 18.5 Å². The monoisotopic (exact) mass is 560 g/mol. The van der Waals surface area contributed by atoms with Crippen LogP contribution in [0.5, 0.6) is 11.5 Å². The van der Waals surface area contributed by atoms with E-state index in [-0.39, 0.29) is 41.5 Å². The lowest BCUT2D eigenvalue weighted by Gasteiger charge is -2.21. The highest BCUT2D eigenvalue weighted by Crippen LogP contribution is 2.29. The molecule has 3 rings (SSSR count). The van der Waals surface area contributed by atoms with Crippen LogP contribution in [0.2, 0.25) is 0 Å². The fraction of sp³-hybridized carbons (Fsp3) is 0.435. The molecule has 0 saturated carbocycles. The molecule has 0 spiro atoms. The summed E-state index contributed by atoms with van der Waals surface area (Å²) in [6.45, 7) is 1.59. The van der Waals surface area contributed by atoms with Crippen molar-refractivity contribution in [3.05, 3.63) is 59.7 Å². The van der Waals surface area contributed by atoms with E-state index in [1.807, 2.05) is 6.07 Å². The van der Waals surface area contributed by atoms with E-state index in [1.165, 1.54) is 12.7 Å². The third-order valence-electron chi connectivity index (χ3n) is 5.40. The number of halogens is 3. The topological polar surface area (TPSA) is 58.1 Å². The number of hydrogen-bond acceptors (Lipinski definition) is 4. The molecule has 2 aromatic carbocycles. The van der Waals surface area contributed by atoms with Crippen LogP contribution in [0.4, 0.5) is 8.78 Å². The van der Waals surface area contributed by atoms with Crippen molar-refractivity contribution in [2.75, 3.05) is 20.7 Å². The number of guanidine groups is 1. The predicted octanol–water partition coefficient (Wildman–Crippen LogP) is 4.24. The summed E-state index contributed by atoms with van der Waals surface area (Å²) in [5.41, 5.74) is 2.09. The van der Waals surface area contributed by atoms with Crippen molar-refractivity contribution in [1.82, 2.24) is 15.5 Å². The van der Waals surface area contributed by atoms with E-state index in [9.17, 15) is 8.78 Å². The summed E-state index contributed by atoms with van der Waals surface area (Å²) in [5.74, 6) is 0.955. The molecule has 2 aromatic rings. The number of nitrogens with one attached hydrogen (secondary N) is 2. The first kappa shape index (κ1) is 26.1. The summed E-state index contributed by atoms with van der Waals surface area (Å²) in [7, 11) is 3.13. The number of ether oxygens (including phenoxy) is 2. The minimum Gasteiger partial charge on any atom is -0.493 e. The maximum absolute atomic E-state index is 12.6. The first-order valence-electron chi connectivity index (χ1n) is 10.4. The van der Waals surface area contributed by atoms with E-state index < -0.39 is 6.61 Å². The molecule has 0 amide bonds. The second-order valence-electron chi connectivity index (χ2n) is 7.63. The molecule has 1 fully saturated rings. The molecule has 32 heavy (non-hydrogen) atoms. The zero-order valence-electron chi connectivity index (χ0n) is 18.6. The maximum atomic E-state index is 12.6. The summed E-state index contributed by atoms with van der Waals surface area (Å²) >= 11 is 0. The second kappa shape index (κ2) is 12.8. The van der Waals surface area contributed by atoms with Gasteiger partial charge in [0, 0.05) is 38.8 Å². The number of likely N-dealkylation sites (tertiary alicyclic amines) is 1. The highest BCUT2D eigenvalue weighted by atomic mass is 127. The first-order valence-corrected chi connectivity index (χ1v) is 10.4. The fourth-order valence-corrected chi connectivity index (χ4v) is 3.83. The molecular weight excluding hydrogens is 529 g/mol. The number of alkyl halides is 2. The van der Waals surface area contributed by atoms with Crippen LogP contribution < -0.4 is 20.1 Å². The van der Waals surface area contributed by atoms with E-state index in [4.69, 9.17) is 4.74 Å². The summed E-state index contributed by atoms with van der Waals surface area (Å²) in [6, 6.07) is 16.2. The molecule has 1 heterocycles. The Morgan fingerprint density at radius 2 is 1.91 bits per heavy atom. The van der Waals surface area contributed by atoms with Crippen LogP contribution in [0, 0.1) is 0 Å². The van der Waals surface area contributed by atoms with Gasteiger partial charge >= 0.3 is 6.61 Å². The Kier molecular flexibility index (Phi) is 10.4. The van der Waals surface area contributed by atoms with Crippen molar-refractivity contribution in [2.45, 2.75) is 45.1 Å². The van der Waals surface area contributed by atoms with Crippen molar-refractivity contribution in [2.24, 2.45) is 4.99 Å². The molecule has 0 radical (unpaired) electrons. The Labute approximate surface area is 205 Å². The normalized spacial score (nSPS) is 18.9. The van der Waals surface area contributed by atoms with Gasteiger partial charge in [0.15, 0.2) is 17.5 Å².